The van der Waals surface area contributed by atoms with Crippen molar-refractivity contribution in [2.24, 2.45) is 0 Å². The maximum Gasteiger partial charge on any atom is 0.124 e. The minimum absolute atomic E-state index is 0.529. The van der Waals surface area contributed by atoms with E-state index in [0.717, 1.165) is 12.2 Å². The molecule has 0 bridgehead atoms. The van der Waals surface area contributed by atoms with Crippen LogP contribution in [0.1, 0.15) is 18.5 Å². The highest BCUT2D eigenvalue weighted by Gasteiger charge is 2.09. The molecule has 0 aliphatic carbocycles. The first kappa shape index (κ1) is 7.55. The lowest BCUT2D eigenvalue weighted by Crippen LogP contribution is -2.17. The second-order valence-electron chi connectivity index (χ2n) is 2.99. The molecule has 3 nitrogen and oxygen atoms in total. The number of rotatable bonds is 2. The van der Waals surface area contributed by atoms with Crippen LogP contribution in [0.5, 0.6) is 0 Å². The van der Waals surface area contributed by atoms with Crippen LogP contribution in [0.4, 0.5) is 0 Å². The highest BCUT2D eigenvalue weighted by molar-refractivity contribution is 5.43. The van der Waals surface area contributed by atoms with Crippen molar-refractivity contribution >= 4 is 6.08 Å². The molecule has 0 radical (unpaired) electrons. The van der Waals surface area contributed by atoms with E-state index >= 15 is 0 Å². The highest BCUT2D eigenvalue weighted by Crippen LogP contribution is 2.07. The summed E-state index contributed by atoms with van der Waals surface area (Å²) in [5, 5.41) is 7.16. The zero-order valence-corrected chi connectivity index (χ0v) is 6.86. The molecule has 1 saturated heterocycles. The van der Waals surface area contributed by atoms with Gasteiger partial charge in [-0.25, -0.2) is 0 Å². The van der Waals surface area contributed by atoms with E-state index in [4.69, 9.17) is 4.52 Å². The summed E-state index contributed by atoms with van der Waals surface area (Å²) in [5.74, 6) is 0. The quantitative estimate of drug-likeness (QED) is 0.718. The predicted octanol–water partition coefficient (Wildman–Crippen LogP) is 1.44. The Balaban J connectivity index is 1.93. The third-order valence-corrected chi connectivity index (χ3v) is 2.06. The van der Waals surface area contributed by atoms with Gasteiger partial charge in [0.2, 0.25) is 0 Å². The van der Waals surface area contributed by atoms with Gasteiger partial charge in [-0.15, -0.1) is 0 Å². The first-order valence-corrected chi connectivity index (χ1v) is 4.27. The summed E-state index contributed by atoms with van der Waals surface area (Å²) in [6.07, 6.45) is 8.22. The molecular formula is C9H12N2O. The molecule has 1 fully saturated rings. The molecule has 1 aliphatic heterocycles. The van der Waals surface area contributed by atoms with Crippen LogP contribution in [0, 0.1) is 0 Å². The lowest BCUT2D eigenvalue weighted by molar-refractivity contribution is 0.418. The Bertz CT molecular complexity index is 248. The number of hydrogen-bond donors (Lipinski definition) is 1. The van der Waals surface area contributed by atoms with E-state index in [9.17, 15) is 0 Å². The SMILES string of the molecule is C(=CC1CCCN1)c1ccon1. The molecule has 2 rings (SSSR count). The Kier molecular flexibility index (Phi) is 2.23. The maximum absolute atomic E-state index is 4.71. The Labute approximate surface area is 71.4 Å². The average Bonchev–Trinajstić information content (AvgIpc) is 2.74. The van der Waals surface area contributed by atoms with Crippen molar-refractivity contribution in [3.63, 3.8) is 0 Å². The first-order chi connectivity index (χ1) is 5.95. The molecule has 1 aromatic heterocycles. The fourth-order valence-electron chi connectivity index (χ4n) is 1.40. The molecule has 0 amide bonds. The second-order valence-corrected chi connectivity index (χ2v) is 2.99. The number of nitrogens with one attached hydrogen (secondary N) is 1. The third-order valence-electron chi connectivity index (χ3n) is 2.06. The molecule has 1 aliphatic rings. The van der Waals surface area contributed by atoms with Gasteiger partial charge in [0.15, 0.2) is 0 Å². The first-order valence-electron chi connectivity index (χ1n) is 4.27. The van der Waals surface area contributed by atoms with Crippen LogP contribution in [0.15, 0.2) is 22.9 Å². The molecule has 1 aromatic rings. The van der Waals surface area contributed by atoms with Crippen LogP contribution >= 0.6 is 0 Å². The number of hydrogen-bond acceptors (Lipinski definition) is 3. The van der Waals surface area contributed by atoms with Gasteiger partial charge < -0.3 is 9.84 Å². The molecule has 1 atom stereocenters. The molecule has 0 saturated carbocycles. The highest BCUT2D eigenvalue weighted by atomic mass is 16.5. The Morgan fingerprint density at radius 2 is 2.67 bits per heavy atom. The van der Waals surface area contributed by atoms with Gasteiger partial charge >= 0.3 is 0 Å². The van der Waals surface area contributed by atoms with Crippen LogP contribution in [0.2, 0.25) is 0 Å². The van der Waals surface area contributed by atoms with Gasteiger partial charge in [-0.05, 0) is 25.5 Å². The lowest BCUT2D eigenvalue weighted by atomic mass is 10.2. The lowest BCUT2D eigenvalue weighted by Gasteiger charge is -2.00. The zero-order valence-electron chi connectivity index (χ0n) is 6.86. The van der Waals surface area contributed by atoms with E-state index in [1.54, 1.807) is 6.26 Å². The van der Waals surface area contributed by atoms with Gasteiger partial charge in [-0.1, -0.05) is 11.2 Å². The molecular weight excluding hydrogens is 152 g/mol. The Morgan fingerprint density at radius 1 is 1.67 bits per heavy atom. The van der Waals surface area contributed by atoms with Gasteiger partial charge in [0.1, 0.15) is 12.0 Å². The van der Waals surface area contributed by atoms with E-state index in [-0.39, 0.29) is 0 Å². The summed E-state index contributed by atoms with van der Waals surface area (Å²) in [6.45, 7) is 1.13. The van der Waals surface area contributed by atoms with Crippen LogP contribution in [-0.4, -0.2) is 17.7 Å². The van der Waals surface area contributed by atoms with Crippen molar-refractivity contribution in [1.29, 1.82) is 0 Å². The topological polar surface area (TPSA) is 38.1 Å². The summed E-state index contributed by atoms with van der Waals surface area (Å²) in [4.78, 5) is 0. The second kappa shape index (κ2) is 3.54. The molecule has 12 heavy (non-hydrogen) atoms. The predicted molar refractivity (Wildman–Crippen MR) is 46.6 cm³/mol. The van der Waals surface area contributed by atoms with Crippen LogP contribution in [0.3, 0.4) is 0 Å². The summed E-state index contributed by atoms with van der Waals surface area (Å²) in [7, 11) is 0. The van der Waals surface area contributed by atoms with Crippen molar-refractivity contribution in [3.05, 3.63) is 24.1 Å². The molecule has 1 N–H and O–H groups in total. The van der Waals surface area contributed by atoms with Gasteiger partial charge in [0.25, 0.3) is 0 Å². The van der Waals surface area contributed by atoms with Crippen LogP contribution in [-0.2, 0) is 0 Å². The zero-order chi connectivity index (χ0) is 8.23. The van der Waals surface area contributed by atoms with Crippen molar-refractivity contribution < 1.29 is 4.52 Å². The van der Waals surface area contributed by atoms with E-state index in [1.165, 1.54) is 12.8 Å². The summed E-state index contributed by atoms with van der Waals surface area (Å²) in [6, 6.07) is 2.38. The largest absolute Gasteiger partial charge is 0.364 e. The van der Waals surface area contributed by atoms with Crippen LogP contribution < -0.4 is 5.32 Å². The maximum atomic E-state index is 4.71. The van der Waals surface area contributed by atoms with Gasteiger partial charge in [-0.3, -0.25) is 0 Å². The van der Waals surface area contributed by atoms with Gasteiger partial charge in [0.05, 0.1) is 0 Å². The molecule has 3 heteroatoms. The van der Waals surface area contributed by atoms with E-state index < -0.39 is 0 Å². The van der Waals surface area contributed by atoms with Crippen molar-refractivity contribution in [2.45, 2.75) is 18.9 Å². The van der Waals surface area contributed by atoms with Gasteiger partial charge in [-0.2, -0.15) is 0 Å². The fraction of sp³-hybridized carbons (Fsp3) is 0.444. The van der Waals surface area contributed by atoms with Crippen LogP contribution in [0.25, 0.3) is 6.08 Å². The molecule has 0 spiro atoms. The minimum atomic E-state index is 0.529. The summed E-state index contributed by atoms with van der Waals surface area (Å²) in [5.41, 5.74) is 0.892. The van der Waals surface area contributed by atoms with E-state index in [1.807, 2.05) is 12.1 Å². The summed E-state index contributed by atoms with van der Waals surface area (Å²) >= 11 is 0. The molecule has 1 unspecified atom stereocenters. The monoisotopic (exact) mass is 164 g/mol. The van der Waals surface area contributed by atoms with Crippen molar-refractivity contribution in [2.75, 3.05) is 6.54 Å². The smallest absolute Gasteiger partial charge is 0.124 e. The Hall–Kier alpha value is -1.09. The minimum Gasteiger partial charge on any atom is -0.364 e. The van der Waals surface area contributed by atoms with Gasteiger partial charge in [0, 0.05) is 12.1 Å². The summed E-state index contributed by atoms with van der Waals surface area (Å²) < 4.78 is 4.71. The normalized spacial score (nSPS) is 23.8. The fourth-order valence-corrected chi connectivity index (χ4v) is 1.40. The average molecular weight is 164 g/mol. The van der Waals surface area contributed by atoms with E-state index in [0.29, 0.717) is 6.04 Å². The molecule has 64 valence electrons. The third kappa shape index (κ3) is 1.74. The molecule has 0 aromatic carbocycles. The van der Waals surface area contributed by atoms with E-state index in [2.05, 4.69) is 16.5 Å². The number of aromatic nitrogens is 1. The molecule has 2 heterocycles. The number of nitrogens with zero attached hydrogens (tertiary/aromatic N) is 1. The van der Waals surface area contributed by atoms with Crippen molar-refractivity contribution in [3.8, 4) is 0 Å². The Morgan fingerprint density at radius 3 is 3.33 bits per heavy atom. The van der Waals surface area contributed by atoms with Crippen molar-refractivity contribution in [1.82, 2.24) is 10.5 Å². The standard InChI is InChI=1S/C9H12N2O/c1-2-8(10-6-1)3-4-9-5-7-12-11-9/h3-5,7-8,10H,1-2,6H2.